The van der Waals surface area contributed by atoms with Crippen LogP contribution in [0.3, 0.4) is 0 Å². The molecule has 0 aromatic rings. The van der Waals surface area contributed by atoms with Crippen LogP contribution in [0.25, 0.3) is 0 Å². The quantitative estimate of drug-likeness (QED) is 0.0216. The van der Waals surface area contributed by atoms with E-state index < -0.39 is 74.2 Å². The van der Waals surface area contributed by atoms with Crippen LogP contribution in [-0.4, -0.2) is 110 Å². The number of carbonyl (C=O) groups excluding carboxylic acids is 1. The van der Waals surface area contributed by atoms with Gasteiger partial charge >= 0.3 is 0 Å². The number of aliphatic hydroxyl groups is 7. The topological polar surface area (TPSA) is 189 Å². The Bertz CT molecular complexity index is 1060. The summed E-state index contributed by atoms with van der Waals surface area (Å²) >= 11 is 0. The number of nitrogens with one attached hydrogen (secondary N) is 1. The van der Waals surface area contributed by atoms with Gasteiger partial charge < -0.3 is 50.5 Å². The fourth-order valence-electron chi connectivity index (χ4n) is 8.19. The zero-order valence-electron chi connectivity index (χ0n) is 39.6. The molecule has 0 spiro atoms. The van der Waals surface area contributed by atoms with E-state index in [-0.39, 0.29) is 12.8 Å². The Labute approximate surface area is 378 Å². The maximum atomic E-state index is 13.0. The molecular weight excluding hydrogens is 787 g/mol. The summed E-state index contributed by atoms with van der Waals surface area (Å²) < 4.78 is 11.1. The lowest BCUT2D eigenvalue weighted by atomic mass is 9.98. The molecule has 366 valence electrons. The molecule has 62 heavy (non-hydrogen) atoms. The molecule has 11 heteroatoms. The smallest absolute Gasteiger partial charge is 0.249 e. The molecule has 9 atom stereocenters. The number of rotatable bonds is 43. The highest BCUT2D eigenvalue weighted by molar-refractivity contribution is 5.80. The van der Waals surface area contributed by atoms with Crippen LogP contribution in [0.2, 0.25) is 0 Å². The molecule has 9 unspecified atom stereocenters. The summed E-state index contributed by atoms with van der Waals surface area (Å²) in [5, 5.41) is 75.6. The summed E-state index contributed by atoms with van der Waals surface area (Å²) in [5.41, 5.74) is 0. The van der Waals surface area contributed by atoms with Gasteiger partial charge in [0.2, 0.25) is 5.91 Å². The Morgan fingerprint density at radius 3 is 1.44 bits per heavy atom. The lowest BCUT2D eigenvalue weighted by molar-refractivity contribution is -0.303. The number of unbranched alkanes of at least 4 members (excludes halogenated alkanes) is 27. The van der Waals surface area contributed by atoms with Gasteiger partial charge in [0, 0.05) is 0 Å². The standard InChI is InChI=1S/C51H97NO10/c1-3-5-7-9-11-13-14-15-16-17-18-19-20-21-22-23-24-25-26-27-28-29-31-32-34-36-38-43(54)46(56)42(41-61-51-49(59)48(58)47(57)45(40-53)62-51)52-50(60)44(55)39-37-35-33-30-12-10-8-6-4-2/h10,12,31-32,42-49,51,53-59H,3-9,11,13-30,33-41H2,1-2H3,(H,52,60)/b12-10-,32-31+. The fraction of sp³-hybridized carbons (Fsp3) is 0.902. The number of ether oxygens (including phenoxy) is 2. The van der Waals surface area contributed by atoms with Gasteiger partial charge in [-0.3, -0.25) is 4.79 Å². The lowest BCUT2D eigenvalue weighted by Crippen LogP contribution is -2.60. The van der Waals surface area contributed by atoms with E-state index in [0.29, 0.717) is 12.8 Å². The van der Waals surface area contributed by atoms with E-state index in [9.17, 15) is 40.5 Å². The van der Waals surface area contributed by atoms with Crippen LogP contribution in [-0.2, 0) is 14.3 Å². The largest absolute Gasteiger partial charge is 0.394 e. The molecular formula is C51H97NO10. The van der Waals surface area contributed by atoms with Gasteiger partial charge in [0.1, 0.15) is 36.6 Å². The summed E-state index contributed by atoms with van der Waals surface area (Å²) in [6.07, 6.45) is 35.6. The Hall–Kier alpha value is -1.41. The van der Waals surface area contributed by atoms with E-state index in [0.717, 1.165) is 44.9 Å². The summed E-state index contributed by atoms with van der Waals surface area (Å²) in [6, 6.07) is -1.19. The molecule has 1 rings (SSSR count). The Balaban J connectivity index is 2.30. The van der Waals surface area contributed by atoms with E-state index in [4.69, 9.17) is 9.47 Å². The molecule has 0 radical (unpaired) electrons. The summed E-state index contributed by atoms with van der Waals surface area (Å²) in [5.74, 6) is -0.721. The molecule has 1 fully saturated rings. The second kappa shape index (κ2) is 41.1. The predicted molar refractivity (Wildman–Crippen MR) is 252 cm³/mol. The van der Waals surface area contributed by atoms with Crippen LogP contribution < -0.4 is 5.32 Å². The van der Waals surface area contributed by atoms with Crippen molar-refractivity contribution in [3.05, 3.63) is 24.3 Å². The van der Waals surface area contributed by atoms with Crippen molar-refractivity contribution in [3.8, 4) is 0 Å². The fourth-order valence-corrected chi connectivity index (χ4v) is 8.19. The second-order valence-electron chi connectivity index (χ2n) is 18.2. The molecule has 0 bridgehead atoms. The normalized spacial score (nSPS) is 21.5. The Kier molecular flexibility index (Phi) is 38.8. The highest BCUT2D eigenvalue weighted by atomic mass is 16.7. The Morgan fingerprint density at radius 1 is 0.548 bits per heavy atom. The van der Waals surface area contributed by atoms with Crippen LogP contribution >= 0.6 is 0 Å². The van der Waals surface area contributed by atoms with Crippen LogP contribution in [0.15, 0.2) is 24.3 Å². The van der Waals surface area contributed by atoms with Gasteiger partial charge in [0.05, 0.1) is 25.4 Å². The molecule has 1 amide bonds. The maximum Gasteiger partial charge on any atom is 0.249 e. The number of aliphatic hydroxyl groups excluding tert-OH is 7. The van der Waals surface area contributed by atoms with Gasteiger partial charge in [-0.1, -0.05) is 192 Å². The minimum atomic E-state index is -1.67. The van der Waals surface area contributed by atoms with Gasteiger partial charge in [-0.05, 0) is 57.8 Å². The van der Waals surface area contributed by atoms with Crippen molar-refractivity contribution in [3.63, 3.8) is 0 Å². The molecule has 1 aliphatic heterocycles. The van der Waals surface area contributed by atoms with E-state index >= 15 is 0 Å². The summed E-state index contributed by atoms with van der Waals surface area (Å²) in [7, 11) is 0. The average Bonchev–Trinajstić information content (AvgIpc) is 3.27. The molecule has 8 N–H and O–H groups in total. The highest BCUT2D eigenvalue weighted by Crippen LogP contribution is 2.23. The van der Waals surface area contributed by atoms with Crippen molar-refractivity contribution in [1.82, 2.24) is 5.32 Å². The number of allylic oxidation sites excluding steroid dienone is 4. The third-order valence-corrected chi connectivity index (χ3v) is 12.5. The zero-order chi connectivity index (χ0) is 45.5. The molecule has 0 aromatic carbocycles. The van der Waals surface area contributed by atoms with Gasteiger partial charge in [-0.15, -0.1) is 0 Å². The van der Waals surface area contributed by atoms with Crippen LogP contribution in [0.4, 0.5) is 0 Å². The number of amides is 1. The van der Waals surface area contributed by atoms with Gasteiger partial charge in [-0.25, -0.2) is 0 Å². The Morgan fingerprint density at radius 2 is 0.968 bits per heavy atom. The molecule has 1 saturated heterocycles. The van der Waals surface area contributed by atoms with Gasteiger partial charge in [-0.2, -0.15) is 0 Å². The second-order valence-corrected chi connectivity index (χ2v) is 18.2. The van der Waals surface area contributed by atoms with Crippen molar-refractivity contribution in [1.29, 1.82) is 0 Å². The van der Waals surface area contributed by atoms with Crippen LogP contribution in [0.5, 0.6) is 0 Å². The molecule has 1 aliphatic rings. The van der Waals surface area contributed by atoms with Crippen LogP contribution in [0.1, 0.15) is 226 Å². The van der Waals surface area contributed by atoms with Crippen molar-refractivity contribution in [2.45, 2.75) is 281 Å². The highest BCUT2D eigenvalue weighted by Gasteiger charge is 2.44. The summed E-state index contributed by atoms with van der Waals surface area (Å²) in [4.78, 5) is 13.0. The van der Waals surface area contributed by atoms with Crippen molar-refractivity contribution in [2.75, 3.05) is 13.2 Å². The zero-order valence-corrected chi connectivity index (χ0v) is 39.6. The van der Waals surface area contributed by atoms with Crippen LogP contribution in [0, 0.1) is 0 Å². The molecule has 11 nitrogen and oxygen atoms in total. The number of hydrogen-bond acceptors (Lipinski definition) is 10. The van der Waals surface area contributed by atoms with Gasteiger partial charge in [0.15, 0.2) is 6.29 Å². The van der Waals surface area contributed by atoms with Crippen molar-refractivity contribution < 1.29 is 50.0 Å². The first kappa shape index (κ1) is 58.6. The lowest BCUT2D eigenvalue weighted by Gasteiger charge is -2.40. The van der Waals surface area contributed by atoms with Gasteiger partial charge in [0.25, 0.3) is 0 Å². The first-order chi connectivity index (χ1) is 30.2. The van der Waals surface area contributed by atoms with Crippen molar-refractivity contribution >= 4 is 5.91 Å². The third kappa shape index (κ3) is 29.9. The molecule has 0 saturated carbocycles. The van der Waals surface area contributed by atoms with Crippen molar-refractivity contribution in [2.24, 2.45) is 0 Å². The monoisotopic (exact) mass is 884 g/mol. The van der Waals surface area contributed by atoms with E-state index in [2.05, 4.69) is 43.5 Å². The number of carbonyl (C=O) groups is 1. The SMILES string of the molecule is CCCC/C=C\CCCCCC(O)C(=O)NC(COC1OC(CO)C(O)C(O)C1O)C(O)C(O)CCC/C=C/CCCCCCCCCCCCCCCCCCCCCCC. The maximum absolute atomic E-state index is 13.0. The van der Waals surface area contributed by atoms with E-state index in [1.165, 1.54) is 141 Å². The third-order valence-electron chi connectivity index (χ3n) is 12.5. The van der Waals surface area contributed by atoms with E-state index in [1.807, 2.05) is 0 Å². The first-order valence-corrected chi connectivity index (χ1v) is 25.7. The number of hydrogen-bond donors (Lipinski definition) is 8. The molecule has 0 aliphatic carbocycles. The average molecular weight is 884 g/mol. The first-order valence-electron chi connectivity index (χ1n) is 25.7. The summed E-state index contributed by atoms with van der Waals surface area (Å²) in [6.45, 7) is 3.37. The molecule has 0 aromatic heterocycles. The predicted octanol–water partition coefficient (Wildman–Crippen LogP) is 9.40. The van der Waals surface area contributed by atoms with E-state index in [1.54, 1.807) is 0 Å². The minimum Gasteiger partial charge on any atom is -0.394 e. The minimum absolute atomic E-state index is 0.232. The molecule has 1 heterocycles.